The van der Waals surface area contributed by atoms with E-state index in [0.29, 0.717) is 6.04 Å². The van der Waals surface area contributed by atoms with Crippen molar-refractivity contribution in [2.75, 3.05) is 5.32 Å². The monoisotopic (exact) mass is 291 g/mol. The molecule has 0 saturated heterocycles. The van der Waals surface area contributed by atoms with Crippen LogP contribution in [0, 0.1) is 17.8 Å². The first-order valence-electron chi connectivity index (χ1n) is 6.43. The van der Waals surface area contributed by atoms with E-state index < -0.39 is 0 Å². The van der Waals surface area contributed by atoms with Crippen LogP contribution in [0.25, 0.3) is 0 Å². The van der Waals surface area contributed by atoms with Gasteiger partial charge in [0.1, 0.15) is 0 Å². The van der Waals surface area contributed by atoms with Crippen molar-refractivity contribution >= 4 is 21.6 Å². The molecule has 90 valence electrons. The van der Waals surface area contributed by atoms with E-state index in [4.69, 9.17) is 0 Å². The average Bonchev–Trinajstić information content (AvgIpc) is 2.90. The third-order valence-corrected chi connectivity index (χ3v) is 4.68. The molecule has 1 fully saturated rings. The van der Waals surface area contributed by atoms with Crippen LogP contribution in [0.2, 0.25) is 0 Å². The van der Waals surface area contributed by atoms with E-state index >= 15 is 0 Å². The lowest BCUT2D eigenvalue weighted by atomic mass is 9.87. The highest BCUT2D eigenvalue weighted by Crippen LogP contribution is 2.45. The van der Waals surface area contributed by atoms with Crippen LogP contribution in [0.15, 0.2) is 40.9 Å². The van der Waals surface area contributed by atoms with Crippen LogP contribution in [0.1, 0.15) is 19.8 Å². The Morgan fingerprint density at radius 2 is 2.18 bits per heavy atom. The summed E-state index contributed by atoms with van der Waals surface area (Å²) in [6.45, 7) is 2.32. The molecular weight excluding hydrogens is 274 g/mol. The van der Waals surface area contributed by atoms with Gasteiger partial charge in [0.25, 0.3) is 0 Å². The van der Waals surface area contributed by atoms with Crippen molar-refractivity contribution in [3.63, 3.8) is 0 Å². The summed E-state index contributed by atoms with van der Waals surface area (Å²) in [6.07, 6.45) is 7.59. The third-order valence-electron chi connectivity index (χ3n) is 4.19. The molecule has 2 aliphatic rings. The van der Waals surface area contributed by atoms with Crippen LogP contribution in [0.4, 0.5) is 5.69 Å². The maximum atomic E-state index is 3.65. The van der Waals surface area contributed by atoms with Crippen LogP contribution >= 0.6 is 15.9 Å². The van der Waals surface area contributed by atoms with Gasteiger partial charge in [-0.25, -0.2) is 0 Å². The number of nitrogens with one attached hydrogen (secondary N) is 1. The van der Waals surface area contributed by atoms with Crippen LogP contribution in [0.5, 0.6) is 0 Å². The molecule has 2 aliphatic carbocycles. The molecule has 1 N–H and O–H groups in total. The van der Waals surface area contributed by atoms with E-state index in [1.54, 1.807) is 0 Å². The second-order valence-electron chi connectivity index (χ2n) is 5.39. The first kappa shape index (κ1) is 11.3. The Bertz CT molecular complexity index is 440. The fraction of sp³-hybridized carbons (Fsp3) is 0.467. The maximum absolute atomic E-state index is 3.65. The number of halogens is 1. The van der Waals surface area contributed by atoms with Crippen molar-refractivity contribution in [1.82, 2.24) is 0 Å². The zero-order chi connectivity index (χ0) is 11.8. The first-order valence-corrected chi connectivity index (χ1v) is 7.22. The second-order valence-corrected chi connectivity index (χ2v) is 6.30. The summed E-state index contributed by atoms with van der Waals surface area (Å²) in [7, 11) is 0. The SMILES string of the molecule is CC(Nc1cccc(Br)c1)C1CC2C=CC1C2. The van der Waals surface area contributed by atoms with Crippen molar-refractivity contribution in [2.24, 2.45) is 17.8 Å². The highest BCUT2D eigenvalue weighted by atomic mass is 79.9. The number of fused-ring (bicyclic) bond motifs is 2. The van der Waals surface area contributed by atoms with E-state index in [-0.39, 0.29) is 0 Å². The molecule has 2 bridgehead atoms. The Labute approximate surface area is 111 Å². The van der Waals surface area contributed by atoms with Crippen molar-refractivity contribution < 1.29 is 0 Å². The Hall–Kier alpha value is -0.760. The fourth-order valence-corrected chi connectivity index (χ4v) is 3.75. The maximum Gasteiger partial charge on any atom is 0.0353 e. The lowest BCUT2D eigenvalue weighted by Gasteiger charge is -2.27. The molecule has 0 spiro atoms. The van der Waals surface area contributed by atoms with Crippen LogP contribution < -0.4 is 5.32 Å². The van der Waals surface area contributed by atoms with E-state index in [0.717, 1.165) is 22.2 Å². The molecule has 0 radical (unpaired) electrons. The molecular formula is C15H18BrN. The highest BCUT2D eigenvalue weighted by Gasteiger charge is 2.38. The van der Waals surface area contributed by atoms with Gasteiger partial charge >= 0.3 is 0 Å². The van der Waals surface area contributed by atoms with Gasteiger partial charge in [-0.15, -0.1) is 0 Å². The number of allylic oxidation sites excluding steroid dienone is 2. The van der Waals surface area contributed by atoms with Crippen LogP contribution in [-0.2, 0) is 0 Å². The number of benzene rings is 1. The summed E-state index contributed by atoms with van der Waals surface area (Å²) in [5.41, 5.74) is 1.22. The molecule has 3 rings (SSSR count). The molecule has 4 atom stereocenters. The predicted molar refractivity (Wildman–Crippen MR) is 76.1 cm³/mol. The van der Waals surface area contributed by atoms with E-state index in [1.807, 2.05) is 0 Å². The van der Waals surface area contributed by atoms with Crippen molar-refractivity contribution in [3.8, 4) is 0 Å². The smallest absolute Gasteiger partial charge is 0.0353 e. The molecule has 0 aromatic heterocycles. The van der Waals surface area contributed by atoms with Crippen molar-refractivity contribution in [3.05, 3.63) is 40.9 Å². The van der Waals surface area contributed by atoms with Gasteiger partial charge < -0.3 is 5.32 Å². The van der Waals surface area contributed by atoms with Gasteiger partial charge in [-0.05, 0) is 55.7 Å². The third kappa shape index (κ3) is 2.28. The molecule has 17 heavy (non-hydrogen) atoms. The average molecular weight is 292 g/mol. The van der Waals surface area contributed by atoms with Crippen LogP contribution in [-0.4, -0.2) is 6.04 Å². The van der Waals surface area contributed by atoms with Gasteiger partial charge in [-0.2, -0.15) is 0 Å². The van der Waals surface area contributed by atoms with Gasteiger partial charge in [0, 0.05) is 16.2 Å². The molecule has 0 heterocycles. The molecule has 0 amide bonds. The standard InChI is InChI=1S/C15H18BrN/c1-10(15-8-11-5-6-12(15)7-11)17-14-4-2-3-13(16)9-14/h2-6,9-12,15,17H,7-8H2,1H3. The topological polar surface area (TPSA) is 12.0 Å². The van der Waals surface area contributed by atoms with Gasteiger partial charge in [0.05, 0.1) is 0 Å². The minimum absolute atomic E-state index is 0.559. The Morgan fingerprint density at radius 3 is 2.82 bits per heavy atom. The summed E-state index contributed by atoms with van der Waals surface area (Å²) < 4.78 is 1.14. The van der Waals surface area contributed by atoms with Crippen LogP contribution in [0.3, 0.4) is 0 Å². The number of hydrogen-bond acceptors (Lipinski definition) is 1. The normalized spacial score (nSPS) is 31.8. The Balaban J connectivity index is 1.67. The number of hydrogen-bond donors (Lipinski definition) is 1. The van der Waals surface area contributed by atoms with Gasteiger partial charge in [0.15, 0.2) is 0 Å². The number of rotatable bonds is 3. The van der Waals surface area contributed by atoms with Gasteiger partial charge in [-0.1, -0.05) is 34.1 Å². The minimum atomic E-state index is 0.559. The zero-order valence-electron chi connectivity index (χ0n) is 10.1. The lowest BCUT2D eigenvalue weighted by molar-refractivity contribution is 0.400. The minimum Gasteiger partial charge on any atom is -0.382 e. The molecule has 1 aromatic rings. The molecule has 1 nitrogen and oxygen atoms in total. The molecule has 2 heteroatoms. The fourth-order valence-electron chi connectivity index (χ4n) is 3.35. The lowest BCUT2D eigenvalue weighted by Crippen LogP contribution is -2.28. The quantitative estimate of drug-likeness (QED) is 0.811. The van der Waals surface area contributed by atoms with Gasteiger partial charge in [0.2, 0.25) is 0 Å². The highest BCUT2D eigenvalue weighted by molar-refractivity contribution is 9.10. The molecule has 1 aromatic carbocycles. The van der Waals surface area contributed by atoms with Gasteiger partial charge in [-0.3, -0.25) is 0 Å². The molecule has 0 aliphatic heterocycles. The molecule has 1 saturated carbocycles. The first-order chi connectivity index (χ1) is 8.22. The molecule has 4 unspecified atom stereocenters. The summed E-state index contributed by atoms with van der Waals surface area (Å²) in [4.78, 5) is 0. The van der Waals surface area contributed by atoms with E-state index in [2.05, 4.69) is 64.6 Å². The summed E-state index contributed by atoms with van der Waals surface area (Å²) in [5.74, 6) is 2.48. The Kier molecular flexibility index (Phi) is 2.99. The van der Waals surface area contributed by atoms with Crippen molar-refractivity contribution in [1.29, 1.82) is 0 Å². The Morgan fingerprint density at radius 1 is 1.29 bits per heavy atom. The zero-order valence-corrected chi connectivity index (χ0v) is 11.7. The summed E-state index contributed by atoms with van der Waals surface area (Å²) in [6, 6.07) is 9.00. The van der Waals surface area contributed by atoms with E-state index in [1.165, 1.54) is 18.5 Å². The summed E-state index contributed by atoms with van der Waals surface area (Å²) >= 11 is 3.52. The second kappa shape index (κ2) is 4.49. The van der Waals surface area contributed by atoms with E-state index in [9.17, 15) is 0 Å². The van der Waals surface area contributed by atoms with Crippen molar-refractivity contribution in [2.45, 2.75) is 25.8 Å². The predicted octanol–water partition coefficient (Wildman–Crippen LogP) is 4.46. The summed E-state index contributed by atoms with van der Waals surface area (Å²) in [5, 5.41) is 3.65. The number of anilines is 1. The largest absolute Gasteiger partial charge is 0.382 e.